The first-order valence-electron chi connectivity index (χ1n) is 8.02. The standard InChI is InChI=1S/C16H34N4O2/c1-12(2)8-10-18-14(17)19-11-9-13(3)20(7)15(21)22-16(4,5)6/h12-13H,8-11H2,1-7H3,(H3,17,18,19). The van der Waals surface area contributed by atoms with Crippen LogP contribution in [-0.2, 0) is 4.74 Å². The van der Waals surface area contributed by atoms with Gasteiger partial charge < -0.3 is 20.7 Å². The van der Waals surface area contributed by atoms with Crippen LogP contribution in [0.4, 0.5) is 4.79 Å². The molecule has 0 radical (unpaired) electrons. The second kappa shape index (κ2) is 9.54. The van der Waals surface area contributed by atoms with Crippen molar-refractivity contribution in [2.75, 3.05) is 20.1 Å². The summed E-state index contributed by atoms with van der Waals surface area (Å²) in [6, 6.07) is 0.0436. The summed E-state index contributed by atoms with van der Waals surface area (Å²) in [5.41, 5.74) is 5.32. The van der Waals surface area contributed by atoms with Gasteiger partial charge in [-0.1, -0.05) is 13.8 Å². The first-order valence-corrected chi connectivity index (χ1v) is 8.02. The van der Waals surface area contributed by atoms with Crippen molar-refractivity contribution in [3.8, 4) is 0 Å². The van der Waals surface area contributed by atoms with Crippen molar-refractivity contribution in [2.24, 2.45) is 16.6 Å². The minimum atomic E-state index is -0.478. The highest BCUT2D eigenvalue weighted by Crippen LogP contribution is 2.11. The van der Waals surface area contributed by atoms with Gasteiger partial charge in [0.25, 0.3) is 0 Å². The number of guanidine groups is 1. The zero-order chi connectivity index (χ0) is 17.3. The predicted molar refractivity (Wildman–Crippen MR) is 92.0 cm³/mol. The highest BCUT2D eigenvalue weighted by atomic mass is 16.6. The van der Waals surface area contributed by atoms with E-state index in [2.05, 4.69) is 24.2 Å². The second-order valence-electron chi connectivity index (χ2n) is 7.11. The number of nitrogens with one attached hydrogen (secondary N) is 1. The maximum absolute atomic E-state index is 11.9. The molecule has 0 bridgehead atoms. The highest BCUT2D eigenvalue weighted by Gasteiger charge is 2.22. The van der Waals surface area contributed by atoms with Crippen molar-refractivity contribution in [2.45, 2.75) is 66.0 Å². The number of ether oxygens (including phenoxy) is 1. The summed E-state index contributed by atoms with van der Waals surface area (Å²) in [4.78, 5) is 17.8. The lowest BCUT2D eigenvalue weighted by Crippen LogP contribution is -2.40. The third-order valence-electron chi connectivity index (χ3n) is 3.20. The fraction of sp³-hybridized carbons (Fsp3) is 0.875. The Morgan fingerprint density at radius 2 is 1.86 bits per heavy atom. The molecule has 0 rings (SSSR count). The van der Waals surface area contributed by atoms with Gasteiger partial charge in [0.15, 0.2) is 5.96 Å². The quantitative estimate of drug-likeness (QED) is 0.559. The maximum atomic E-state index is 11.9. The number of nitrogens with two attached hydrogens (primary N) is 1. The molecule has 1 atom stereocenters. The van der Waals surface area contributed by atoms with Crippen LogP contribution < -0.4 is 11.1 Å². The predicted octanol–water partition coefficient (Wildman–Crippen LogP) is 2.58. The summed E-state index contributed by atoms with van der Waals surface area (Å²) in [5.74, 6) is 1.11. The van der Waals surface area contributed by atoms with Gasteiger partial charge in [-0.15, -0.1) is 0 Å². The van der Waals surface area contributed by atoms with Crippen LogP contribution in [0.1, 0.15) is 54.4 Å². The van der Waals surface area contributed by atoms with Gasteiger partial charge in [-0.05, 0) is 46.5 Å². The average Bonchev–Trinajstić information content (AvgIpc) is 2.35. The molecule has 0 aliphatic heterocycles. The summed E-state index contributed by atoms with van der Waals surface area (Å²) < 4.78 is 5.34. The van der Waals surface area contributed by atoms with Crippen LogP contribution in [0.2, 0.25) is 0 Å². The maximum Gasteiger partial charge on any atom is 0.410 e. The van der Waals surface area contributed by atoms with Gasteiger partial charge in [-0.2, -0.15) is 0 Å². The molecule has 0 saturated heterocycles. The lowest BCUT2D eigenvalue weighted by molar-refractivity contribution is 0.0231. The van der Waals surface area contributed by atoms with E-state index in [1.54, 1.807) is 11.9 Å². The Kier molecular flexibility index (Phi) is 8.90. The third kappa shape index (κ3) is 10.3. The van der Waals surface area contributed by atoms with E-state index in [1.807, 2.05) is 27.7 Å². The number of hydrogen-bond acceptors (Lipinski definition) is 3. The molecule has 0 spiro atoms. The van der Waals surface area contributed by atoms with Crippen molar-refractivity contribution in [1.82, 2.24) is 10.2 Å². The molecule has 0 saturated carbocycles. The van der Waals surface area contributed by atoms with Gasteiger partial charge in [0.1, 0.15) is 5.60 Å². The molecule has 6 heteroatoms. The van der Waals surface area contributed by atoms with Crippen LogP contribution in [0.25, 0.3) is 0 Å². The zero-order valence-corrected chi connectivity index (χ0v) is 15.3. The summed E-state index contributed by atoms with van der Waals surface area (Å²) in [5, 5.41) is 3.09. The molecule has 0 heterocycles. The van der Waals surface area contributed by atoms with Crippen LogP contribution in [-0.4, -0.2) is 48.7 Å². The Morgan fingerprint density at radius 3 is 2.36 bits per heavy atom. The third-order valence-corrected chi connectivity index (χ3v) is 3.20. The molecule has 0 aromatic carbocycles. The number of nitrogens with zero attached hydrogens (tertiary/aromatic N) is 2. The number of aliphatic imine (C=N–C) groups is 1. The summed E-state index contributed by atoms with van der Waals surface area (Å²) in [7, 11) is 1.74. The fourth-order valence-electron chi connectivity index (χ4n) is 1.62. The van der Waals surface area contributed by atoms with Crippen molar-refractivity contribution in [1.29, 1.82) is 0 Å². The van der Waals surface area contributed by atoms with Gasteiger partial charge in [0.05, 0.1) is 0 Å². The molecular formula is C16H34N4O2. The first kappa shape index (κ1) is 20.5. The van der Waals surface area contributed by atoms with E-state index in [4.69, 9.17) is 10.5 Å². The molecule has 0 aliphatic carbocycles. The van der Waals surface area contributed by atoms with Gasteiger partial charge in [0.2, 0.25) is 0 Å². The molecule has 3 N–H and O–H groups in total. The van der Waals surface area contributed by atoms with E-state index in [9.17, 15) is 4.79 Å². The van der Waals surface area contributed by atoms with E-state index < -0.39 is 5.60 Å². The highest BCUT2D eigenvalue weighted by molar-refractivity contribution is 5.77. The largest absolute Gasteiger partial charge is 0.444 e. The normalized spacial score (nSPS) is 13.9. The van der Waals surface area contributed by atoms with Crippen LogP contribution >= 0.6 is 0 Å². The Bertz CT molecular complexity index is 362. The van der Waals surface area contributed by atoms with Crippen molar-refractivity contribution < 1.29 is 9.53 Å². The average molecular weight is 314 g/mol. The van der Waals surface area contributed by atoms with E-state index in [0.717, 1.165) is 19.4 Å². The van der Waals surface area contributed by atoms with Crippen molar-refractivity contribution in [3.63, 3.8) is 0 Å². The molecule has 22 heavy (non-hydrogen) atoms. The Balaban J connectivity index is 4.10. The van der Waals surface area contributed by atoms with Gasteiger partial charge >= 0.3 is 6.09 Å². The molecule has 6 nitrogen and oxygen atoms in total. The van der Waals surface area contributed by atoms with Crippen LogP contribution in [0.3, 0.4) is 0 Å². The molecule has 1 amide bonds. The number of amides is 1. The van der Waals surface area contributed by atoms with E-state index >= 15 is 0 Å². The molecular weight excluding hydrogens is 280 g/mol. The van der Waals surface area contributed by atoms with Gasteiger partial charge in [-0.25, -0.2) is 4.79 Å². The molecule has 130 valence electrons. The molecule has 0 fully saturated rings. The number of carbonyl (C=O) groups is 1. The Morgan fingerprint density at radius 1 is 1.27 bits per heavy atom. The van der Waals surface area contributed by atoms with E-state index in [1.165, 1.54) is 0 Å². The molecule has 0 aromatic heterocycles. The van der Waals surface area contributed by atoms with E-state index in [0.29, 0.717) is 18.4 Å². The Labute approximate surface area is 135 Å². The number of rotatable bonds is 7. The Hall–Kier alpha value is -1.46. The summed E-state index contributed by atoms with van der Waals surface area (Å²) in [6.45, 7) is 13.3. The smallest absolute Gasteiger partial charge is 0.410 e. The topological polar surface area (TPSA) is 80.0 Å². The lowest BCUT2D eigenvalue weighted by atomic mass is 10.1. The first-order chi connectivity index (χ1) is 10.0. The minimum Gasteiger partial charge on any atom is -0.444 e. The minimum absolute atomic E-state index is 0.0436. The summed E-state index contributed by atoms with van der Waals surface area (Å²) in [6.07, 6.45) is 1.49. The zero-order valence-electron chi connectivity index (χ0n) is 15.3. The van der Waals surface area contributed by atoms with E-state index in [-0.39, 0.29) is 12.1 Å². The second-order valence-corrected chi connectivity index (χ2v) is 7.11. The van der Waals surface area contributed by atoms with Crippen LogP contribution in [0.5, 0.6) is 0 Å². The van der Waals surface area contributed by atoms with Crippen LogP contribution in [0, 0.1) is 5.92 Å². The van der Waals surface area contributed by atoms with Crippen molar-refractivity contribution >= 4 is 12.1 Å². The summed E-state index contributed by atoms with van der Waals surface area (Å²) >= 11 is 0. The fourth-order valence-corrected chi connectivity index (χ4v) is 1.62. The molecule has 0 aromatic rings. The molecule has 1 unspecified atom stereocenters. The van der Waals surface area contributed by atoms with Gasteiger partial charge in [-0.3, -0.25) is 4.99 Å². The van der Waals surface area contributed by atoms with Crippen LogP contribution in [0.15, 0.2) is 4.99 Å². The number of carbonyl (C=O) groups excluding carboxylic acids is 1. The monoisotopic (exact) mass is 314 g/mol. The number of hydrogen-bond donors (Lipinski definition) is 2. The van der Waals surface area contributed by atoms with Crippen molar-refractivity contribution in [3.05, 3.63) is 0 Å². The molecule has 0 aliphatic rings. The SMILES string of the molecule is CC(C)CCNC(N)=NCCC(C)N(C)C(=O)OC(C)(C)C. The van der Waals surface area contributed by atoms with Gasteiger partial charge in [0, 0.05) is 26.2 Å². The lowest BCUT2D eigenvalue weighted by Gasteiger charge is -2.28.